The lowest BCUT2D eigenvalue weighted by Crippen LogP contribution is -2.36. The minimum absolute atomic E-state index is 0.0247. The fourth-order valence-corrected chi connectivity index (χ4v) is 3.57. The average Bonchev–Trinajstić information content (AvgIpc) is 3.16. The van der Waals surface area contributed by atoms with Crippen molar-refractivity contribution in [1.82, 2.24) is 14.9 Å². The Kier molecular flexibility index (Phi) is 4.80. The number of aromatic amines is 1. The van der Waals surface area contributed by atoms with E-state index in [0.717, 1.165) is 28.3 Å². The number of ether oxygens (including phenoxy) is 1. The Labute approximate surface area is 168 Å². The quantitative estimate of drug-likeness (QED) is 0.712. The van der Waals surface area contributed by atoms with Gasteiger partial charge in [0.15, 0.2) is 0 Å². The first-order valence-electron chi connectivity index (χ1n) is 9.31. The van der Waals surface area contributed by atoms with Gasteiger partial charge in [0, 0.05) is 24.1 Å². The molecule has 0 unspecified atom stereocenters. The zero-order valence-electron chi connectivity index (χ0n) is 16.2. The van der Waals surface area contributed by atoms with Gasteiger partial charge in [-0.1, -0.05) is 12.1 Å². The number of aromatic carboxylic acids is 1. The second-order valence-electron chi connectivity index (χ2n) is 7.05. The number of benzene rings is 2. The van der Waals surface area contributed by atoms with E-state index in [4.69, 9.17) is 9.84 Å². The van der Waals surface area contributed by atoms with E-state index in [0.29, 0.717) is 30.9 Å². The Hall–Kier alpha value is -3.61. The van der Waals surface area contributed by atoms with Gasteiger partial charge in [-0.25, -0.2) is 9.78 Å². The van der Waals surface area contributed by atoms with Crippen LogP contribution in [0.25, 0.3) is 11.4 Å². The van der Waals surface area contributed by atoms with E-state index in [2.05, 4.69) is 9.97 Å². The van der Waals surface area contributed by atoms with Crippen LogP contribution in [-0.4, -0.2) is 45.5 Å². The number of carbonyl (C=O) groups is 2. The summed E-state index contributed by atoms with van der Waals surface area (Å²) < 4.78 is 5.27. The van der Waals surface area contributed by atoms with Crippen LogP contribution in [-0.2, 0) is 13.0 Å². The van der Waals surface area contributed by atoms with Crippen LogP contribution in [0.2, 0.25) is 0 Å². The fraction of sp³-hybridized carbons (Fsp3) is 0.227. The van der Waals surface area contributed by atoms with Gasteiger partial charge in [0.25, 0.3) is 5.91 Å². The molecule has 0 radical (unpaired) electrons. The minimum atomic E-state index is -0.960. The van der Waals surface area contributed by atoms with Crippen LogP contribution in [0.4, 0.5) is 0 Å². The molecular formula is C22H21N3O4. The third-order valence-electron chi connectivity index (χ3n) is 5.17. The standard InChI is InChI=1S/C22H21N3O4/c1-13-11-16(7-8-19(13)29-2)21(26)25-10-9-17-18(12-25)24-20(23-17)14-3-5-15(6-4-14)22(27)28/h3-8,11H,9-10,12H2,1-2H3,(H,23,24)(H,27,28). The molecule has 1 aromatic heterocycles. The molecule has 0 fully saturated rings. The number of imidazole rings is 1. The first kappa shape index (κ1) is 18.7. The summed E-state index contributed by atoms with van der Waals surface area (Å²) in [5, 5.41) is 9.03. The number of methoxy groups -OCH3 is 1. The molecule has 148 valence electrons. The van der Waals surface area contributed by atoms with Crippen molar-refractivity contribution in [1.29, 1.82) is 0 Å². The second-order valence-corrected chi connectivity index (χ2v) is 7.05. The van der Waals surface area contributed by atoms with Crippen LogP contribution in [0, 0.1) is 6.92 Å². The molecule has 7 heteroatoms. The van der Waals surface area contributed by atoms with Gasteiger partial charge in [0.2, 0.25) is 0 Å². The Morgan fingerprint density at radius 3 is 2.52 bits per heavy atom. The number of hydrogen-bond acceptors (Lipinski definition) is 4. The number of carboxylic acid groups (broad SMARTS) is 1. The summed E-state index contributed by atoms with van der Waals surface area (Å²) in [7, 11) is 1.61. The molecule has 2 N–H and O–H groups in total. The normalized spacial score (nSPS) is 13.1. The Balaban J connectivity index is 1.53. The maximum Gasteiger partial charge on any atom is 0.335 e. The summed E-state index contributed by atoms with van der Waals surface area (Å²) in [6, 6.07) is 12.0. The van der Waals surface area contributed by atoms with E-state index in [1.807, 2.05) is 19.1 Å². The predicted molar refractivity (Wildman–Crippen MR) is 107 cm³/mol. The van der Waals surface area contributed by atoms with E-state index in [1.54, 1.807) is 42.3 Å². The first-order valence-corrected chi connectivity index (χ1v) is 9.31. The van der Waals surface area contributed by atoms with Crippen LogP contribution in [0.1, 0.15) is 37.7 Å². The molecule has 0 saturated heterocycles. The molecule has 1 aliphatic heterocycles. The number of aryl methyl sites for hydroxylation is 1. The molecule has 1 aliphatic rings. The highest BCUT2D eigenvalue weighted by Gasteiger charge is 2.25. The van der Waals surface area contributed by atoms with E-state index in [-0.39, 0.29) is 11.5 Å². The van der Waals surface area contributed by atoms with Crippen LogP contribution >= 0.6 is 0 Å². The van der Waals surface area contributed by atoms with Crippen molar-refractivity contribution in [2.45, 2.75) is 19.9 Å². The van der Waals surface area contributed by atoms with Crippen LogP contribution in [0.15, 0.2) is 42.5 Å². The lowest BCUT2D eigenvalue weighted by atomic mass is 10.1. The SMILES string of the molecule is COc1ccc(C(=O)N2CCc3nc(-c4ccc(C(=O)O)cc4)[nH]c3C2)cc1C. The molecule has 2 heterocycles. The topological polar surface area (TPSA) is 95.5 Å². The van der Waals surface area contributed by atoms with Crippen molar-refractivity contribution in [3.63, 3.8) is 0 Å². The average molecular weight is 391 g/mol. The molecule has 4 rings (SSSR count). The third-order valence-corrected chi connectivity index (χ3v) is 5.17. The van der Waals surface area contributed by atoms with Crippen molar-refractivity contribution in [2.24, 2.45) is 0 Å². The number of rotatable bonds is 4. The number of H-pyrrole nitrogens is 1. The van der Waals surface area contributed by atoms with Crippen molar-refractivity contribution >= 4 is 11.9 Å². The fourth-order valence-electron chi connectivity index (χ4n) is 3.57. The number of nitrogens with one attached hydrogen (secondary N) is 1. The molecule has 2 aromatic carbocycles. The van der Waals surface area contributed by atoms with Crippen LogP contribution in [0.3, 0.4) is 0 Å². The van der Waals surface area contributed by atoms with Gasteiger partial charge in [0.05, 0.1) is 30.6 Å². The number of fused-ring (bicyclic) bond motifs is 1. The summed E-state index contributed by atoms with van der Waals surface area (Å²) in [4.78, 5) is 33.7. The molecule has 29 heavy (non-hydrogen) atoms. The monoisotopic (exact) mass is 391 g/mol. The van der Waals surface area contributed by atoms with Gasteiger partial charge in [-0.3, -0.25) is 4.79 Å². The zero-order chi connectivity index (χ0) is 20.5. The van der Waals surface area contributed by atoms with Crippen molar-refractivity contribution < 1.29 is 19.4 Å². The number of amides is 1. The van der Waals surface area contributed by atoms with Gasteiger partial charge in [0.1, 0.15) is 11.6 Å². The largest absolute Gasteiger partial charge is 0.496 e. The maximum atomic E-state index is 12.9. The van der Waals surface area contributed by atoms with Gasteiger partial charge >= 0.3 is 5.97 Å². The molecule has 1 amide bonds. The van der Waals surface area contributed by atoms with Gasteiger partial charge in [-0.2, -0.15) is 0 Å². The Morgan fingerprint density at radius 2 is 1.86 bits per heavy atom. The van der Waals surface area contributed by atoms with Crippen LogP contribution < -0.4 is 4.74 Å². The zero-order valence-corrected chi connectivity index (χ0v) is 16.2. The summed E-state index contributed by atoms with van der Waals surface area (Å²) in [6.07, 6.45) is 0.667. The molecule has 0 atom stereocenters. The highest BCUT2D eigenvalue weighted by Crippen LogP contribution is 2.25. The highest BCUT2D eigenvalue weighted by molar-refractivity contribution is 5.94. The lowest BCUT2D eigenvalue weighted by Gasteiger charge is -2.26. The van der Waals surface area contributed by atoms with Crippen molar-refractivity contribution in [3.05, 3.63) is 70.5 Å². The summed E-state index contributed by atoms with van der Waals surface area (Å²) in [5.41, 5.74) is 4.45. The maximum absolute atomic E-state index is 12.9. The van der Waals surface area contributed by atoms with E-state index < -0.39 is 5.97 Å². The number of carbonyl (C=O) groups excluding carboxylic acids is 1. The second kappa shape index (κ2) is 7.43. The summed E-state index contributed by atoms with van der Waals surface area (Å²) >= 11 is 0. The molecule has 0 bridgehead atoms. The lowest BCUT2D eigenvalue weighted by molar-refractivity contribution is 0.0695. The molecule has 0 aliphatic carbocycles. The first-order chi connectivity index (χ1) is 14.0. The molecule has 7 nitrogen and oxygen atoms in total. The highest BCUT2D eigenvalue weighted by atomic mass is 16.5. The number of aromatic nitrogens is 2. The van der Waals surface area contributed by atoms with Crippen LogP contribution in [0.5, 0.6) is 5.75 Å². The van der Waals surface area contributed by atoms with E-state index in [9.17, 15) is 9.59 Å². The van der Waals surface area contributed by atoms with Crippen molar-refractivity contribution in [3.8, 4) is 17.1 Å². The van der Waals surface area contributed by atoms with E-state index in [1.165, 1.54) is 0 Å². The number of hydrogen-bond donors (Lipinski definition) is 2. The molecule has 3 aromatic rings. The molecule has 0 spiro atoms. The Bertz CT molecular complexity index is 1090. The number of carboxylic acids is 1. The molecular weight excluding hydrogens is 370 g/mol. The van der Waals surface area contributed by atoms with Gasteiger partial charge < -0.3 is 19.7 Å². The number of nitrogens with zero attached hydrogens (tertiary/aromatic N) is 2. The van der Waals surface area contributed by atoms with Gasteiger partial charge in [-0.05, 0) is 42.8 Å². The molecule has 0 saturated carbocycles. The van der Waals surface area contributed by atoms with E-state index >= 15 is 0 Å². The summed E-state index contributed by atoms with van der Waals surface area (Å²) in [6.45, 7) is 2.97. The minimum Gasteiger partial charge on any atom is -0.496 e. The smallest absolute Gasteiger partial charge is 0.335 e. The predicted octanol–water partition coefficient (Wildman–Crippen LogP) is 3.29. The van der Waals surface area contributed by atoms with Gasteiger partial charge in [-0.15, -0.1) is 0 Å². The summed E-state index contributed by atoms with van der Waals surface area (Å²) in [5.74, 6) is 0.456. The Morgan fingerprint density at radius 1 is 1.14 bits per heavy atom. The third kappa shape index (κ3) is 3.59. The van der Waals surface area contributed by atoms with Crippen molar-refractivity contribution in [2.75, 3.05) is 13.7 Å².